The monoisotopic (exact) mass is 357 g/mol. The zero-order valence-electron chi connectivity index (χ0n) is 12.5. The minimum atomic E-state index is -0.619. The lowest BCUT2D eigenvalue weighted by atomic mass is 10.1. The maximum absolute atomic E-state index is 13.9. The average Bonchev–Trinajstić information content (AvgIpc) is 2.68. The number of hydrogen-bond donors (Lipinski definition) is 1. The first kappa shape index (κ1) is 15.9. The number of benzene rings is 1. The van der Waals surface area contributed by atoms with Crippen LogP contribution in [0.2, 0.25) is 0 Å². The van der Waals surface area contributed by atoms with Crippen LogP contribution in [-0.4, -0.2) is 9.78 Å². The Kier molecular flexibility index (Phi) is 4.66. The third-order valence-electron chi connectivity index (χ3n) is 3.54. The Bertz CT molecular complexity index is 644. The molecule has 0 radical (unpaired) electrons. The summed E-state index contributed by atoms with van der Waals surface area (Å²) in [4.78, 5) is 0. The fraction of sp³-hybridized carbons (Fsp3) is 0.400. The lowest BCUT2D eigenvalue weighted by Crippen LogP contribution is -2.11. The molecule has 1 heterocycles. The molecular weight excluding hydrogens is 340 g/mol. The van der Waals surface area contributed by atoms with Crippen molar-refractivity contribution in [3.8, 4) is 0 Å². The predicted molar refractivity (Wildman–Crippen MR) is 83.5 cm³/mol. The molecule has 2 rings (SSSR count). The largest absolute Gasteiger partial charge is 0.375 e. The van der Waals surface area contributed by atoms with Gasteiger partial charge in [0, 0.05) is 28.3 Å². The second kappa shape index (κ2) is 6.13. The van der Waals surface area contributed by atoms with Crippen molar-refractivity contribution >= 4 is 21.6 Å². The van der Waals surface area contributed by atoms with E-state index in [-0.39, 0.29) is 11.7 Å². The van der Waals surface area contributed by atoms with Gasteiger partial charge in [-0.3, -0.25) is 4.68 Å². The minimum absolute atomic E-state index is 0.137. The van der Waals surface area contributed by atoms with Crippen LogP contribution in [-0.2, 0) is 6.54 Å². The van der Waals surface area contributed by atoms with Gasteiger partial charge < -0.3 is 5.32 Å². The summed E-state index contributed by atoms with van der Waals surface area (Å²) in [5, 5.41) is 7.56. The van der Waals surface area contributed by atoms with Crippen molar-refractivity contribution in [3.63, 3.8) is 0 Å². The molecule has 0 bridgehead atoms. The highest BCUT2D eigenvalue weighted by molar-refractivity contribution is 9.10. The molecule has 1 aromatic heterocycles. The maximum Gasteiger partial charge on any atom is 0.150 e. The molecule has 114 valence electrons. The molecular formula is C15H18BrF2N3. The highest BCUT2D eigenvalue weighted by atomic mass is 79.9. The molecule has 0 aliphatic rings. The molecule has 0 saturated carbocycles. The van der Waals surface area contributed by atoms with E-state index < -0.39 is 11.6 Å². The Morgan fingerprint density at radius 1 is 1.33 bits per heavy atom. The Morgan fingerprint density at radius 3 is 2.52 bits per heavy atom. The van der Waals surface area contributed by atoms with Crippen LogP contribution in [0.1, 0.15) is 36.8 Å². The molecule has 1 unspecified atom stereocenters. The van der Waals surface area contributed by atoms with Gasteiger partial charge in [0.25, 0.3) is 0 Å². The zero-order valence-corrected chi connectivity index (χ0v) is 14.1. The molecule has 2 aromatic rings. The van der Waals surface area contributed by atoms with Crippen LogP contribution in [0.4, 0.5) is 14.5 Å². The van der Waals surface area contributed by atoms with Crippen molar-refractivity contribution in [3.05, 3.63) is 45.2 Å². The zero-order chi connectivity index (χ0) is 15.7. The van der Waals surface area contributed by atoms with Gasteiger partial charge in [0.2, 0.25) is 0 Å². The smallest absolute Gasteiger partial charge is 0.150 e. The molecule has 1 aromatic carbocycles. The molecule has 0 amide bonds. The van der Waals surface area contributed by atoms with Crippen molar-refractivity contribution in [2.24, 2.45) is 0 Å². The van der Waals surface area contributed by atoms with Gasteiger partial charge in [-0.25, -0.2) is 8.78 Å². The lowest BCUT2D eigenvalue weighted by molar-refractivity contribution is 0.582. The first-order valence-electron chi connectivity index (χ1n) is 6.80. The minimum Gasteiger partial charge on any atom is -0.375 e. The average molecular weight is 358 g/mol. The third kappa shape index (κ3) is 3.10. The van der Waals surface area contributed by atoms with Gasteiger partial charge in [-0.05, 0) is 49.7 Å². The summed E-state index contributed by atoms with van der Waals surface area (Å²) in [5.41, 5.74) is 3.25. The number of hydrogen-bond acceptors (Lipinski definition) is 2. The number of nitrogens with zero attached hydrogens (tertiary/aromatic N) is 2. The molecule has 1 N–H and O–H groups in total. The van der Waals surface area contributed by atoms with E-state index in [0.717, 1.165) is 29.6 Å². The van der Waals surface area contributed by atoms with E-state index in [1.165, 1.54) is 6.07 Å². The summed E-state index contributed by atoms with van der Waals surface area (Å²) in [6.45, 7) is 8.67. The van der Waals surface area contributed by atoms with E-state index >= 15 is 0 Å². The van der Waals surface area contributed by atoms with Crippen molar-refractivity contribution in [1.29, 1.82) is 0 Å². The summed E-state index contributed by atoms with van der Waals surface area (Å²) in [6, 6.07) is 1.98. The fourth-order valence-electron chi connectivity index (χ4n) is 2.61. The number of rotatable bonds is 4. The van der Waals surface area contributed by atoms with Crippen LogP contribution in [0.5, 0.6) is 0 Å². The van der Waals surface area contributed by atoms with Crippen molar-refractivity contribution in [2.45, 2.75) is 40.3 Å². The summed E-state index contributed by atoms with van der Waals surface area (Å²) in [5.74, 6) is -1.23. The first-order valence-corrected chi connectivity index (χ1v) is 7.59. The normalized spacial score (nSPS) is 12.5. The van der Waals surface area contributed by atoms with Crippen LogP contribution in [0.3, 0.4) is 0 Å². The van der Waals surface area contributed by atoms with Gasteiger partial charge >= 0.3 is 0 Å². The van der Waals surface area contributed by atoms with Crippen molar-refractivity contribution < 1.29 is 8.78 Å². The number of aryl methyl sites for hydroxylation is 2. The van der Waals surface area contributed by atoms with Crippen LogP contribution in [0, 0.1) is 25.5 Å². The molecule has 21 heavy (non-hydrogen) atoms. The van der Waals surface area contributed by atoms with E-state index in [2.05, 4.69) is 26.3 Å². The molecule has 3 nitrogen and oxygen atoms in total. The molecule has 1 atom stereocenters. The van der Waals surface area contributed by atoms with Crippen LogP contribution in [0.25, 0.3) is 0 Å². The van der Waals surface area contributed by atoms with Gasteiger partial charge in [0.1, 0.15) is 11.6 Å². The molecule has 6 heteroatoms. The Morgan fingerprint density at radius 2 is 2.00 bits per heavy atom. The quantitative estimate of drug-likeness (QED) is 0.856. The van der Waals surface area contributed by atoms with Gasteiger partial charge in [-0.15, -0.1) is 0 Å². The predicted octanol–water partition coefficient (Wildman–Crippen LogP) is 4.73. The fourth-order valence-corrected chi connectivity index (χ4v) is 3.14. The second-order valence-electron chi connectivity index (χ2n) is 5.01. The summed E-state index contributed by atoms with van der Waals surface area (Å²) in [7, 11) is 0. The number of anilines is 1. The van der Waals surface area contributed by atoms with E-state index in [4.69, 9.17) is 0 Å². The first-order chi connectivity index (χ1) is 9.85. The lowest BCUT2D eigenvalue weighted by Gasteiger charge is -2.18. The highest BCUT2D eigenvalue weighted by Gasteiger charge is 2.19. The Hall–Kier alpha value is -1.43. The molecule has 0 aliphatic heterocycles. The second-order valence-corrected chi connectivity index (χ2v) is 5.87. The Balaban J connectivity index is 2.35. The van der Waals surface area contributed by atoms with Crippen LogP contribution >= 0.6 is 15.9 Å². The SMILES string of the molecule is CCn1nc(C)c(C(C)Nc2c(F)cc(F)cc2Br)c1C. The number of halogens is 3. The molecule has 0 spiro atoms. The Labute approximate surface area is 131 Å². The van der Waals surface area contributed by atoms with E-state index in [9.17, 15) is 8.78 Å². The van der Waals surface area contributed by atoms with Crippen LogP contribution < -0.4 is 5.32 Å². The van der Waals surface area contributed by atoms with Crippen LogP contribution in [0.15, 0.2) is 16.6 Å². The maximum atomic E-state index is 13.9. The van der Waals surface area contributed by atoms with Crippen molar-refractivity contribution in [2.75, 3.05) is 5.32 Å². The number of nitrogens with one attached hydrogen (secondary N) is 1. The van der Waals surface area contributed by atoms with Crippen molar-refractivity contribution in [1.82, 2.24) is 9.78 Å². The molecule has 0 aliphatic carbocycles. The van der Waals surface area contributed by atoms with E-state index in [0.29, 0.717) is 4.47 Å². The van der Waals surface area contributed by atoms with Gasteiger partial charge in [0.15, 0.2) is 0 Å². The molecule has 0 saturated heterocycles. The standard InChI is InChI=1S/C15H18BrF2N3/c1-5-21-10(4)14(9(3)20-21)8(2)19-15-12(16)6-11(17)7-13(15)18/h6-8,19H,5H2,1-4H3. The van der Waals surface area contributed by atoms with E-state index in [1.807, 2.05) is 32.4 Å². The van der Waals surface area contributed by atoms with Gasteiger partial charge in [-0.2, -0.15) is 5.10 Å². The van der Waals surface area contributed by atoms with E-state index in [1.54, 1.807) is 0 Å². The highest BCUT2D eigenvalue weighted by Crippen LogP contribution is 2.32. The summed E-state index contributed by atoms with van der Waals surface area (Å²) < 4.78 is 29.3. The number of aromatic nitrogens is 2. The summed E-state index contributed by atoms with van der Waals surface area (Å²) in [6.07, 6.45) is 0. The third-order valence-corrected chi connectivity index (χ3v) is 4.16. The summed E-state index contributed by atoms with van der Waals surface area (Å²) >= 11 is 3.19. The van der Waals surface area contributed by atoms with Gasteiger partial charge in [-0.1, -0.05) is 0 Å². The topological polar surface area (TPSA) is 29.9 Å². The molecule has 0 fully saturated rings. The van der Waals surface area contributed by atoms with Gasteiger partial charge in [0.05, 0.1) is 17.4 Å².